The molecule has 5 rings (SSSR count). The fourth-order valence-electron chi connectivity index (χ4n) is 4.88. The molecule has 1 aromatic carbocycles. The largest absolute Gasteiger partial charge is 0.372 e. The Kier molecular flexibility index (Phi) is 8.18. The molecule has 0 bridgehead atoms. The van der Waals surface area contributed by atoms with Crippen LogP contribution in [-0.4, -0.2) is 49.0 Å². The molecule has 196 valence electrons. The Balaban J connectivity index is 0.00000320. The van der Waals surface area contributed by atoms with Crippen LogP contribution >= 0.6 is 24.0 Å². The number of morpholine rings is 1. The topological polar surface area (TPSA) is 95.4 Å². The molecule has 1 fully saturated rings. The number of hydrogen-bond donors (Lipinski definition) is 1. The van der Waals surface area contributed by atoms with Gasteiger partial charge < -0.3 is 14.6 Å². The third kappa shape index (κ3) is 5.50. The maximum absolute atomic E-state index is 12.7. The van der Waals surface area contributed by atoms with Gasteiger partial charge in [-0.25, -0.2) is 14.3 Å². The van der Waals surface area contributed by atoms with Gasteiger partial charge in [0.1, 0.15) is 6.33 Å². The Labute approximate surface area is 225 Å². The van der Waals surface area contributed by atoms with Gasteiger partial charge in [0.05, 0.1) is 30.0 Å². The molecule has 0 aliphatic carbocycles. The fourth-order valence-corrected chi connectivity index (χ4v) is 5.15. The number of hydrogen-bond acceptors (Lipinski definition) is 6. The third-order valence-electron chi connectivity index (χ3n) is 6.64. The highest BCUT2D eigenvalue weighted by atomic mass is 35.5. The van der Waals surface area contributed by atoms with E-state index in [-0.39, 0.29) is 42.4 Å². The van der Waals surface area contributed by atoms with Crippen LogP contribution in [0.15, 0.2) is 52.6 Å². The molecule has 1 saturated heterocycles. The SMILES string of the molecule is CCn1ccc(=O)n(Cc2cc3c(-c4cc(Cl)cc(C)c4CC4CNC[C@H](C)O4)ncnn3c2)c1=O.Cl. The van der Waals surface area contributed by atoms with E-state index in [9.17, 15) is 9.59 Å². The summed E-state index contributed by atoms with van der Waals surface area (Å²) in [5.74, 6) is 0. The number of nitrogens with zero attached hydrogens (tertiary/aromatic N) is 5. The second-order valence-corrected chi connectivity index (χ2v) is 9.71. The summed E-state index contributed by atoms with van der Waals surface area (Å²) in [6.45, 7) is 8.23. The maximum atomic E-state index is 12.7. The van der Waals surface area contributed by atoms with Gasteiger partial charge in [0.2, 0.25) is 0 Å². The van der Waals surface area contributed by atoms with Gasteiger partial charge in [-0.2, -0.15) is 5.10 Å². The highest BCUT2D eigenvalue weighted by Crippen LogP contribution is 2.33. The predicted molar refractivity (Wildman–Crippen MR) is 146 cm³/mol. The van der Waals surface area contributed by atoms with E-state index in [0.717, 1.165) is 53.0 Å². The highest BCUT2D eigenvalue weighted by Gasteiger charge is 2.23. The van der Waals surface area contributed by atoms with Gasteiger partial charge >= 0.3 is 5.69 Å². The molecule has 3 aromatic heterocycles. The van der Waals surface area contributed by atoms with Gasteiger partial charge in [-0.1, -0.05) is 11.6 Å². The first-order valence-corrected chi connectivity index (χ1v) is 12.5. The van der Waals surface area contributed by atoms with E-state index < -0.39 is 0 Å². The van der Waals surface area contributed by atoms with Crippen molar-refractivity contribution in [3.8, 4) is 11.3 Å². The molecule has 1 aliphatic rings. The van der Waals surface area contributed by atoms with Crippen LogP contribution in [0.2, 0.25) is 5.02 Å². The van der Waals surface area contributed by atoms with Crippen molar-refractivity contribution in [2.24, 2.45) is 0 Å². The molecule has 1 N–H and O–H groups in total. The Morgan fingerprint density at radius 2 is 2.03 bits per heavy atom. The molecule has 2 atom stereocenters. The summed E-state index contributed by atoms with van der Waals surface area (Å²) in [7, 11) is 0. The molecule has 0 radical (unpaired) electrons. The van der Waals surface area contributed by atoms with Crippen molar-refractivity contribution < 1.29 is 4.74 Å². The Morgan fingerprint density at radius 1 is 1.22 bits per heavy atom. The van der Waals surface area contributed by atoms with Gasteiger partial charge in [-0.05, 0) is 55.7 Å². The van der Waals surface area contributed by atoms with E-state index in [1.807, 2.05) is 38.2 Å². The summed E-state index contributed by atoms with van der Waals surface area (Å²) in [5, 5.41) is 8.43. The van der Waals surface area contributed by atoms with Crippen molar-refractivity contribution in [3.05, 3.63) is 85.5 Å². The zero-order chi connectivity index (χ0) is 25.4. The Hall–Kier alpha value is -2.98. The number of benzene rings is 1. The molecule has 37 heavy (non-hydrogen) atoms. The maximum Gasteiger partial charge on any atom is 0.331 e. The molecule has 0 amide bonds. The van der Waals surface area contributed by atoms with Crippen LogP contribution < -0.4 is 16.6 Å². The van der Waals surface area contributed by atoms with E-state index in [0.29, 0.717) is 11.6 Å². The normalized spacial score (nSPS) is 17.6. The molecular formula is C26H30Cl2N6O3. The summed E-state index contributed by atoms with van der Waals surface area (Å²) in [6, 6.07) is 7.23. The van der Waals surface area contributed by atoms with Crippen molar-refractivity contribution in [2.45, 2.75) is 52.5 Å². The van der Waals surface area contributed by atoms with E-state index in [1.165, 1.54) is 27.7 Å². The molecular weight excluding hydrogens is 515 g/mol. The smallest absolute Gasteiger partial charge is 0.331 e. The molecule has 1 aliphatic heterocycles. The van der Waals surface area contributed by atoms with Crippen LogP contribution in [0, 0.1) is 6.92 Å². The van der Waals surface area contributed by atoms with Crippen LogP contribution in [0.4, 0.5) is 0 Å². The molecule has 0 spiro atoms. The summed E-state index contributed by atoms with van der Waals surface area (Å²) in [4.78, 5) is 29.8. The summed E-state index contributed by atoms with van der Waals surface area (Å²) in [5.41, 5.74) is 4.71. The second-order valence-electron chi connectivity index (χ2n) is 9.28. The molecule has 1 unspecified atom stereocenters. The predicted octanol–water partition coefficient (Wildman–Crippen LogP) is 3.09. The Morgan fingerprint density at radius 3 is 2.78 bits per heavy atom. The lowest BCUT2D eigenvalue weighted by atomic mass is 9.93. The Bertz CT molecular complexity index is 1540. The monoisotopic (exact) mass is 544 g/mol. The first-order chi connectivity index (χ1) is 17.3. The number of aryl methyl sites for hydroxylation is 2. The lowest BCUT2D eigenvalue weighted by molar-refractivity contribution is -0.0262. The zero-order valence-corrected chi connectivity index (χ0v) is 22.6. The van der Waals surface area contributed by atoms with Crippen molar-refractivity contribution >= 4 is 29.5 Å². The summed E-state index contributed by atoms with van der Waals surface area (Å²) in [6.07, 6.45) is 5.76. The van der Waals surface area contributed by atoms with Crippen LogP contribution in [0.5, 0.6) is 0 Å². The number of nitrogens with one attached hydrogen (secondary N) is 1. The van der Waals surface area contributed by atoms with Crippen molar-refractivity contribution in [1.29, 1.82) is 0 Å². The molecule has 4 heterocycles. The molecule has 11 heteroatoms. The molecule has 9 nitrogen and oxygen atoms in total. The highest BCUT2D eigenvalue weighted by molar-refractivity contribution is 6.31. The van der Waals surface area contributed by atoms with Gasteiger partial charge in [0.25, 0.3) is 5.56 Å². The zero-order valence-electron chi connectivity index (χ0n) is 21.0. The average Bonchev–Trinajstić information content (AvgIpc) is 3.26. The third-order valence-corrected chi connectivity index (χ3v) is 6.86. The quantitative estimate of drug-likeness (QED) is 0.400. The van der Waals surface area contributed by atoms with E-state index in [4.69, 9.17) is 16.3 Å². The van der Waals surface area contributed by atoms with Crippen molar-refractivity contribution in [3.63, 3.8) is 0 Å². The van der Waals surface area contributed by atoms with Crippen LogP contribution in [0.25, 0.3) is 16.8 Å². The van der Waals surface area contributed by atoms with Gasteiger partial charge in [0.15, 0.2) is 0 Å². The standard InChI is InChI=1S/C26H29ClN6O3.ClH/c1-4-31-6-5-24(34)32(26(31)35)13-18-8-23-25(29-15-30-33(23)14-18)22-9-19(27)7-16(2)21(22)10-20-12-28-11-17(3)36-20;/h5-9,14-15,17,20,28H,4,10-13H2,1-3H3;1H/t17-,20?;/m0./s1. The minimum atomic E-state index is -0.339. The minimum absolute atomic E-state index is 0. The minimum Gasteiger partial charge on any atom is -0.372 e. The van der Waals surface area contributed by atoms with Crippen LogP contribution in [0.1, 0.15) is 30.5 Å². The lowest BCUT2D eigenvalue weighted by Gasteiger charge is -2.30. The molecule has 4 aromatic rings. The first-order valence-electron chi connectivity index (χ1n) is 12.1. The fraction of sp³-hybridized carbons (Fsp3) is 0.385. The van der Waals surface area contributed by atoms with Crippen molar-refractivity contribution in [2.75, 3.05) is 13.1 Å². The summed E-state index contributed by atoms with van der Waals surface area (Å²) < 4.78 is 10.6. The van der Waals surface area contributed by atoms with Crippen LogP contribution in [0.3, 0.4) is 0 Å². The number of fused-ring (bicyclic) bond motifs is 1. The summed E-state index contributed by atoms with van der Waals surface area (Å²) >= 11 is 6.50. The number of rotatable bonds is 6. The second kappa shape index (κ2) is 11.2. The first kappa shape index (κ1) is 27.1. The van der Waals surface area contributed by atoms with Gasteiger partial charge in [-0.3, -0.25) is 9.36 Å². The van der Waals surface area contributed by atoms with Gasteiger partial charge in [0, 0.05) is 55.1 Å². The molecule has 0 saturated carbocycles. The van der Waals surface area contributed by atoms with E-state index in [2.05, 4.69) is 22.3 Å². The lowest BCUT2D eigenvalue weighted by Crippen LogP contribution is -2.44. The van der Waals surface area contributed by atoms with E-state index >= 15 is 0 Å². The van der Waals surface area contributed by atoms with Crippen LogP contribution in [-0.2, 0) is 24.2 Å². The number of ether oxygens (including phenoxy) is 1. The average molecular weight is 545 g/mol. The number of halogens is 2. The van der Waals surface area contributed by atoms with Gasteiger partial charge in [-0.15, -0.1) is 12.4 Å². The van der Waals surface area contributed by atoms with Crippen molar-refractivity contribution in [1.82, 2.24) is 29.0 Å². The number of aromatic nitrogens is 5. The van der Waals surface area contributed by atoms with E-state index in [1.54, 1.807) is 4.52 Å².